The van der Waals surface area contributed by atoms with Gasteiger partial charge in [-0.05, 0) is 31.5 Å². The highest BCUT2D eigenvalue weighted by Gasteiger charge is 2.28. The molecular formula is C13H19FN2. The molecular weight excluding hydrogens is 203 g/mol. The second-order valence-electron chi connectivity index (χ2n) is 4.36. The first-order chi connectivity index (χ1) is 7.74. The molecule has 2 nitrogen and oxygen atoms in total. The van der Waals surface area contributed by atoms with Crippen LogP contribution in [-0.4, -0.2) is 19.6 Å². The molecule has 1 aromatic carbocycles. The molecule has 0 radical (unpaired) electrons. The topological polar surface area (TPSA) is 15.3 Å². The Labute approximate surface area is 96.5 Å². The van der Waals surface area contributed by atoms with Crippen LogP contribution in [0.3, 0.4) is 0 Å². The lowest BCUT2D eigenvalue weighted by Crippen LogP contribution is -2.23. The molecule has 0 unspecified atom stereocenters. The standard InChI is InChI=1S/C13H19FN2/c1-3-15-9-11-12(14)5-4-6-13(11)16(2)10-7-8-10/h4-6,10,15H,3,7-9H2,1-2H3. The minimum Gasteiger partial charge on any atom is -0.371 e. The smallest absolute Gasteiger partial charge is 0.129 e. The Morgan fingerprint density at radius 3 is 2.81 bits per heavy atom. The quantitative estimate of drug-likeness (QED) is 0.823. The van der Waals surface area contributed by atoms with Crippen LogP contribution in [0.4, 0.5) is 10.1 Å². The second-order valence-corrected chi connectivity index (χ2v) is 4.36. The molecule has 1 aliphatic rings. The molecule has 0 aliphatic heterocycles. The van der Waals surface area contributed by atoms with E-state index in [0.717, 1.165) is 17.8 Å². The molecule has 0 spiro atoms. The van der Waals surface area contributed by atoms with Gasteiger partial charge < -0.3 is 10.2 Å². The zero-order valence-corrected chi connectivity index (χ0v) is 9.96. The SMILES string of the molecule is CCNCc1c(F)cccc1N(C)C1CC1. The highest BCUT2D eigenvalue weighted by atomic mass is 19.1. The number of hydrogen-bond acceptors (Lipinski definition) is 2. The summed E-state index contributed by atoms with van der Waals surface area (Å²) in [4.78, 5) is 2.20. The summed E-state index contributed by atoms with van der Waals surface area (Å²) in [5.74, 6) is -0.106. The van der Waals surface area contributed by atoms with Crippen molar-refractivity contribution in [3.63, 3.8) is 0 Å². The minimum absolute atomic E-state index is 0.106. The van der Waals surface area contributed by atoms with E-state index < -0.39 is 0 Å². The largest absolute Gasteiger partial charge is 0.371 e. The van der Waals surface area contributed by atoms with Crippen molar-refractivity contribution in [2.75, 3.05) is 18.5 Å². The summed E-state index contributed by atoms with van der Waals surface area (Å²) in [6.45, 7) is 3.50. The second kappa shape index (κ2) is 4.83. The lowest BCUT2D eigenvalue weighted by molar-refractivity contribution is 0.592. The van der Waals surface area contributed by atoms with Gasteiger partial charge >= 0.3 is 0 Å². The first-order valence-corrected chi connectivity index (χ1v) is 5.95. The van der Waals surface area contributed by atoms with E-state index in [0.29, 0.717) is 12.6 Å². The van der Waals surface area contributed by atoms with Gasteiger partial charge in [0.25, 0.3) is 0 Å². The molecule has 88 valence electrons. The van der Waals surface area contributed by atoms with E-state index in [9.17, 15) is 4.39 Å². The first kappa shape index (κ1) is 11.4. The minimum atomic E-state index is -0.106. The Morgan fingerprint density at radius 1 is 1.44 bits per heavy atom. The molecule has 1 aromatic rings. The molecule has 2 rings (SSSR count). The summed E-state index contributed by atoms with van der Waals surface area (Å²) in [6, 6.07) is 5.95. The van der Waals surface area contributed by atoms with Crippen LogP contribution in [-0.2, 0) is 6.54 Å². The number of benzene rings is 1. The van der Waals surface area contributed by atoms with Gasteiger partial charge in [-0.2, -0.15) is 0 Å². The highest BCUT2D eigenvalue weighted by Crippen LogP contribution is 2.32. The summed E-state index contributed by atoms with van der Waals surface area (Å²) in [6.07, 6.45) is 2.46. The van der Waals surface area contributed by atoms with E-state index >= 15 is 0 Å². The van der Waals surface area contributed by atoms with Crippen LogP contribution in [0.1, 0.15) is 25.3 Å². The van der Waals surface area contributed by atoms with Gasteiger partial charge in [-0.25, -0.2) is 4.39 Å². The molecule has 16 heavy (non-hydrogen) atoms. The van der Waals surface area contributed by atoms with E-state index in [1.807, 2.05) is 13.0 Å². The molecule has 1 aliphatic carbocycles. The lowest BCUT2D eigenvalue weighted by atomic mass is 10.1. The number of rotatable bonds is 5. The van der Waals surface area contributed by atoms with E-state index in [-0.39, 0.29) is 5.82 Å². The van der Waals surface area contributed by atoms with Crippen LogP contribution in [0.2, 0.25) is 0 Å². The summed E-state index contributed by atoms with van der Waals surface area (Å²) >= 11 is 0. The third-order valence-corrected chi connectivity index (χ3v) is 3.12. The van der Waals surface area contributed by atoms with Gasteiger partial charge in [0.1, 0.15) is 5.82 Å². The van der Waals surface area contributed by atoms with Gasteiger partial charge in [-0.3, -0.25) is 0 Å². The number of anilines is 1. The van der Waals surface area contributed by atoms with Crippen LogP contribution < -0.4 is 10.2 Å². The van der Waals surface area contributed by atoms with E-state index in [1.165, 1.54) is 18.9 Å². The molecule has 0 atom stereocenters. The summed E-state index contributed by atoms with van der Waals surface area (Å²) < 4.78 is 13.8. The zero-order chi connectivity index (χ0) is 11.5. The molecule has 0 aromatic heterocycles. The maximum atomic E-state index is 13.8. The fourth-order valence-corrected chi connectivity index (χ4v) is 1.96. The van der Waals surface area contributed by atoms with Gasteiger partial charge in [0, 0.05) is 30.9 Å². The molecule has 1 saturated carbocycles. The Hall–Kier alpha value is -1.09. The number of hydrogen-bond donors (Lipinski definition) is 1. The van der Waals surface area contributed by atoms with Gasteiger partial charge in [0.05, 0.1) is 0 Å². The van der Waals surface area contributed by atoms with Crippen molar-refractivity contribution in [2.45, 2.75) is 32.4 Å². The van der Waals surface area contributed by atoms with Gasteiger partial charge in [-0.1, -0.05) is 13.0 Å². The normalized spacial score (nSPS) is 15.2. The Bertz CT molecular complexity index is 361. The van der Waals surface area contributed by atoms with Crippen molar-refractivity contribution in [2.24, 2.45) is 0 Å². The fraction of sp³-hybridized carbons (Fsp3) is 0.538. The molecule has 0 saturated heterocycles. The molecule has 1 N–H and O–H groups in total. The van der Waals surface area contributed by atoms with Crippen LogP contribution in [0.15, 0.2) is 18.2 Å². The van der Waals surface area contributed by atoms with Crippen molar-refractivity contribution >= 4 is 5.69 Å². The average Bonchev–Trinajstić information content (AvgIpc) is 3.10. The predicted octanol–water partition coefficient (Wildman–Crippen LogP) is 2.53. The van der Waals surface area contributed by atoms with Crippen molar-refractivity contribution in [1.82, 2.24) is 5.32 Å². The third kappa shape index (κ3) is 2.35. The predicted molar refractivity (Wildman–Crippen MR) is 65.2 cm³/mol. The molecule has 0 heterocycles. The molecule has 0 bridgehead atoms. The summed E-state index contributed by atoms with van der Waals surface area (Å²) in [5, 5.41) is 3.19. The summed E-state index contributed by atoms with van der Waals surface area (Å²) in [5.41, 5.74) is 1.82. The van der Waals surface area contributed by atoms with Crippen LogP contribution in [0.5, 0.6) is 0 Å². The Kier molecular flexibility index (Phi) is 3.44. The van der Waals surface area contributed by atoms with Crippen molar-refractivity contribution in [1.29, 1.82) is 0 Å². The first-order valence-electron chi connectivity index (χ1n) is 5.95. The van der Waals surface area contributed by atoms with Crippen LogP contribution in [0.25, 0.3) is 0 Å². The fourth-order valence-electron chi connectivity index (χ4n) is 1.96. The van der Waals surface area contributed by atoms with E-state index in [2.05, 4.69) is 17.3 Å². The maximum Gasteiger partial charge on any atom is 0.129 e. The van der Waals surface area contributed by atoms with Gasteiger partial charge in [0.2, 0.25) is 0 Å². The molecule has 3 heteroatoms. The van der Waals surface area contributed by atoms with Crippen molar-refractivity contribution in [3.05, 3.63) is 29.6 Å². The Morgan fingerprint density at radius 2 is 2.19 bits per heavy atom. The maximum absolute atomic E-state index is 13.8. The summed E-state index contributed by atoms with van der Waals surface area (Å²) in [7, 11) is 2.06. The van der Waals surface area contributed by atoms with E-state index in [1.54, 1.807) is 6.07 Å². The van der Waals surface area contributed by atoms with Crippen LogP contribution >= 0.6 is 0 Å². The monoisotopic (exact) mass is 222 g/mol. The van der Waals surface area contributed by atoms with Gasteiger partial charge in [-0.15, -0.1) is 0 Å². The van der Waals surface area contributed by atoms with Crippen molar-refractivity contribution in [3.8, 4) is 0 Å². The molecule has 1 fully saturated rings. The lowest BCUT2D eigenvalue weighted by Gasteiger charge is -2.22. The van der Waals surface area contributed by atoms with Gasteiger partial charge in [0.15, 0.2) is 0 Å². The molecule has 0 amide bonds. The number of nitrogens with zero attached hydrogens (tertiary/aromatic N) is 1. The zero-order valence-electron chi connectivity index (χ0n) is 9.96. The average molecular weight is 222 g/mol. The van der Waals surface area contributed by atoms with Crippen molar-refractivity contribution < 1.29 is 4.39 Å². The number of halogens is 1. The number of nitrogens with one attached hydrogen (secondary N) is 1. The van der Waals surface area contributed by atoms with E-state index in [4.69, 9.17) is 0 Å². The Balaban J connectivity index is 2.23. The van der Waals surface area contributed by atoms with Crippen LogP contribution in [0, 0.1) is 5.82 Å². The highest BCUT2D eigenvalue weighted by molar-refractivity contribution is 5.55. The third-order valence-electron chi connectivity index (χ3n) is 3.12.